The van der Waals surface area contributed by atoms with Crippen molar-refractivity contribution in [2.45, 2.75) is 13.5 Å². The molecule has 0 fully saturated rings. The van der Waals surface area contributed by atoms with Crippen LogP contribution in [0.25, 0.3) is 0 Å². The van der Waals surface area contributed by atoms with Crippen LogP contribution in [0.2, 0.25) is 0 Å². The van der Waals surface area contributed by atoms with Gasteiger partial charge in [-0.25, -0.2) is 4.79 Å². The molecule has 0 saturated carbocycles. The third kappa shape index (κ3) is 2.28. The van der Waals surface area contributed by atoms with Crippen LogP contribution in [0, 0.1) is 6.92 Å². The van der Waals surface area contributed by atoms with E-state index in [-0.39, 0.29) is 0 Å². The summed E-state index contributed by atoms with van der Waals surface area (Å²) in [7, 11) is 0. The second-order valence-electron chi connectivity index (χ2n) is 2.84. The highest BCUT2D eigenvalue weighted by molar-refractivity contribution is 7.98. The Hall–Kier alpha value is -0.900. The van der Waals surface area contributed by atoms with Crippen LogP contribution in [0.3, 0.4) is 0 Å². The second-order valence-corrected chi connectivity index (χ2v) is 3.82. The largest absolute Gasteiger partial charge is 0.477 e. The molecule has 0 radical (unpaired) electrons. The van der Waals surface area contributed by atoms with Gasteiger partial charge in [0.1, 0.15) is 5.69 Å². The first-order valence-electron chi connectivity index (χ1n) is 4.04. The van der Waals surface area contributed by atoms with Gasteiger partial charge in [0, 0.05) is 18.5 Å². The maximum atomic E-state index is 10.8. The number of aromatic carboxylic acids is 1. The highest BCUT2D eigenvalue weighted by atomic mass is 32.2. The van der Waals surface area contributed by atoms with E-state index in [0.717, 1.165) is 17.9 Å². The van der Waals surface area contributed by atoms with Crippen molar-refractivity contribution in [1.29, 1.82) is 0 Å². The van der Waals surface area contributed by atoms with Gasteiger partial charge in [0.05, 0.1) is 0 Å². The fraction of sp³-hybridized carbons (Fsp3) is 0.444. The molecule has 1 N–H and O–H groups in total. The summed E-state index contributed by atoms with van der Waals surface area (Å²) in [6.45, 7) is 2.58. The second kappa shape index (κ2) is 4.37. The minimum absolute atomic E-state index is 0.411. The van der Waals surface area contributed by atoms with Gasteiger partial charge in [0.15, 0.2) is 0 Å². The first-order valence-corrected chi connectivity index (χ1v) is 5.44. The fourth-order valence-electron chi connectivity index (χ4n) is 1.25. The van der Waals surface area contributed by atoms with Crippen molar-refractivity contribution in [2.75, 3.05) is 12.0 Å². The van der Waals surface area contributed by atoms with Crippen LogP contribution in [-0.4, -0.2) is 27.7 Å². The van der Waals surface area contributed by atoms with Gasteiger partial charge in [-0.1, -0.05) is 0 Å². The number of aromatic nitrogens is 1. The van der Waals surface area contributed by atoms with Crippen LogP contribution in [-0.2, 0) is 6.54 Å². The summed E-state index contributed by atoms with van der Waals surface area (Å²) < 4.78 is 1.79. The van der Waals surface area contributed by atoms with E-state index in [2.05, 4.69) is 0 Å². The Balaban J connectivity index is 2.87. The third-order valence-corrected chi connectivity index (χ3v) is 2.49. The lowest BCUT2D eigenvalue weighted by Crippen LogP contribution is -2.10. The third-order valence-electron chi connectivity index (χ3n) is 1.90. The zero-order chi connectivity index (χ0) is 9.84. The van der Waals surface area contributed by atoms with Crippen molar-refractivity contribution >= 4 is 17.7 Å². The number of carboxylic acids is 1. The molecule has 0 spiro atoms. The molecule has 0 aliphatic rings. The van der Waals surface area contributed by atoms with Crippen molar-refractivity contribution in [2.24, 2.45) is 0 Å². The molecule has 0 aromatic carbocycles. The molecule has 72 valence electrons. The Morgan fingerprint density at radius 3 is 2.92 bits per heavy atom. The first-order chi connectivity index (χ1) is 6.16. The Kier molecular flexibility index (Phi) is 3.42. The maximum absolute atomic E-state index is 10.8. The average Bonchev–Trinajstić information content (AvgIpc) is 2.43. The van der Waals surface area contributed by atoms with E-state index in [1.54, 1.807) is 16.3 Å². The summed E-state index contributed by atoms with van der Waals surface area (Å²) >= 11 is 1.71. The monoisotopic (exact) mass is 199 g/mol. The van der Waals surface area contributed by atoms with E-state index >= 15 is 0 Å². The van der Waals surface area contributed by atoms with Crippen molar-refractivity contribution < 1.29 is 9.90 Å². The quantitative estimate of drug-likeness (QED) is 0.804. The normalized spacial score (nSPS) is 10.3. The molecule has 1 aromatic rings. The first kappa shape index (κ1) is 10.2. The molecule has 0 saturated heterocycles. The summed E-state index contributed by atoms with van der Waals surface area (Å²) in [6.07, 6.45) is 3.84. The van der Waals surface area contributed by atoms with Gasteiger partial charge in [0.2, 0.25) is 0 Å². The minimum Gasteiger partial charge on any atom is -0.477 e. The number of aryl methyl sites for hydroxylation is 2. The van der Waals surface area contributed by atoms with Crippen molar-refractivity contribution in [3.63, 3.8) is 0 Å². The molecule has 1 aromatic heterocycles. The Morgan fingerprint density at radius 2 is 2.38 bits per heavy atom. The van der Waals surface area contributed by atoms with Crippen LogP contribution >= 0.6 is 11.8 Å². The number of carboxylic acid groups (broad SMARTS) is 1. The predicted octanol–water partition coefficient (Wildman–Crippen LogP) is 1.86. The van der Waals surface area contributed by atoms with Crippen molar-refractivity contribution in [3.05, 3.63) is 23.5 Å². The van der Waals surface area contributed by atoms with Crippen LogP contribution < -0.4 is 0 Å². The summed E-state index contributed by atoms with van der Waals surface area (Å²) in [4.78, 5) is 10.8. The zero-order valence-electron chi connectivity index (χ0n) is 7.78. The lowest BCUT2D eigenvalue weighted by atomic mass is 10.3. The van der Waals surface area contributed by atoms with Crippen LogP contribution in [0.1, 0.15) is 16.1 Å². The van der Waals surface area contributed by atoms with E-state index in [0.29, 0.717) is 5.69 Å². The SMILES string of the molecule is CSCCn1ccc(C)c1C(=O)O. The number of hydrogen-bond donors (Lipinski definition) is 1. The van der Waals surface area contributed by atoms with Gasteiger partial charge in [-0.15, -0.1) is 0 Å². The average molecular weight is 199 g/mol. The predicted molar refractivity (Wildman–Crippen MR) is 54.5 cm³/mol. The molecule has 13 heavy (non-hydrogen) atoms. The van der Waals surface area contributed by atoms with E-state index in [9.17, 15) is 4.79 Å². The van der Waals surface area contributed by atoms with Gasteiger partial charge in [0.25, 0.3) is 0 Å². The van der Waals surface area contributed by atoms with Gasteiger partial charge < -0.3 is 9.67 Å². The highest BCUT2D eigenvalue weighted by Crippen LogP contribution is 2.10. The van der Waals surface area contributed by atoms with Crippen LogP contribution in [0.15, 0.2) is 12.3 Å². The standard InChI is InChI=1S/C9H13NO2S/c1-7-3-4-10(5-6-13-2)8(7)9(11)12/h3-4H,5-6H2,1-2H3,(H,11,12). The Bertz CT molecular complexity index is 307. The molecule has 4 heteroatoms. The van der Waals surface area contributed by atoms with Gasteiger partial charge in [-0.3, -0.25) is 0 Å². The summed E-state index contributed by atoms with van der Waals surface area (Å²) in [5, 5.41) is 8.91. The Labute approximate surface area is 81.8 Å². The fourth-order valence-corrected chi connectivity index (χ4v) is 1.63. The van der Waals surface area contributed by atoms with E-state index < -0.39 is 5.97 Å². The number of carbonyl (C=O) groups is 1. The maximum Gasteiger partial charge on any atom is 0.352 e. The topological polar surface area (TPSA) is 42.2 Å². The number of hydrogen-bond acceptors (Lipinski definition) is 2. The van der Waals surface area contributed by atoms with Gasteiger partial charge in [-0.05, 0) is 24.8 Å². The summed E-state index contributed by atoms with van der Waals surface area (Å²) in [5.74, 6) is 0.0950. The number of rotatable bonds is 4. The molecule has 0 bridgehead atoms. The van der Waals surface area contributed by atoms with Crippen LogP contribution in [0.4, 0.5) is 0 Å². The van der Waals surface area contributed by atoms with E-state index in [1.165, 1.54) is 0 Å². The lowest BCUT2D eigenvalue weighted by molar-refractivity contribution is 0.0684. The lowest BCUT2D eigenvalue weighted by Gasteiger charge is -2.04. The highest BCUT2D eigenvalue weighted by Gasteiger charge is 2.12. The smallest absolute Gasteiger partial charge is 0.352 e. The summed E-state index contributed by atoms with van der Waals surface area (Å²) in [5.41, 5.74) is 1.24. The number of nitrogens with zero attached hydrogens (tertiary/aromatic N) is 1. The van der Waals surface area contributed by atoms with Crippen molar-refractivity contribution in [3.8, 4) is 0 Å². The van der Waals surface area contributed by atoms with E-state index in [4.69, 9.17) is 5.11 Å². The minimum atomic E-state index is -0.844. The molecule has 1 rings (SSSR count). The molecule has 0 aliphatic heterocycles. The molecule has 0 amide bonds. The van der Waals surface area contributed by atoms with Crippen molar-refractivity contribution in [1.82, 2.24) is 4.57 Å². The van der Waals surface area contributed by atoms with Crippen LogP contribution in [0.5, 0.6) is 0 Å². The molecule has 0 aliphatic carbocycles. The molecule has 3 nitrogen and oxygen atoms in total. The molecule has 0 unspecified atom stereocenters. The number of thioether (sulfide) groups is 1. The van der Waals surface area contributed by atoms with Gasteiger partial charge >= 0.3 is 5.97 Å². The summed E-state index contributed by atoms with van der Waals surface area (Å²) in [6, 6.07) is 1.84. The van der Waals surface area contributed by atoms with Gasteiger partial charge in [-0.2, -0.15) is 11.8 Å². The molecule has 1 heterocycles. The zero-order valence-corrected chi connectivity index (χ0v) is 8.60. The van der Waals surface area contributed by atoms with E-state index in [1.807, 2.05) is 25.4 Å². The molecule has 0 atom stereocenters. The Morgan fingerprint density at radius 1 is 1.69 bits per heavy atom. The molecular formula is C9H13NO2S. The molecular weight excluding hydrogens is 186 g/mol.